The minimum absolute atomic E-state index is 0.108. The minimum Gasteiger partial charge on any atom is -0.333 e. The molecule has 1 amide bonds. The number of amides is 1. The number of nitrogens with zero attached hydrogens (tertiary/aromatic N) is 3. The average Bonchev–Trinajstić information content (AvgIpc) is 2.86. The fourth-order valence-corrected chi connectivity index (χ4v) is 2.81. The number of carbonyl (C=O) groups is 1. The molecule has 1 aliphatic heterocycles. The highest BCUT2D eigenvalue weighted by Crippen LogP contribution is 2.29. The van der Waals surface area contributed by atoms with Crippen LogP contribution in [0.3, 0.4) is 0 Å². The Labute approximate surface area is 104 Å². The molecule has 17 heavy (non-hydrogen) atoms. The third kappa shape index (κ3) is 2.47. The van der Waals surface area contributed by atoms with Crippen LogP contribution in [-0.4, -0.2) is 45.6 Å². The van der Waals surface area contributed by atoms with Crippen LogP contribution in [0.2, 0.25) is 0 Å². The summed E-state index contributed by atoms with van der Waals surface area (Å²) in [5, 5.41) is 7.19. The lowest BCUT2D eigenvalue weighted by Crippen LogP contribution is -2.42. The molecule has 1 saturated carbocycles. The van der Waals surface area contributed by atoms with Gasteiger partial charge in [-0.3, -0.25) is 4.79 Å². The summed E-state index contributed by atoms with van der Waals surface area (Å²) in [6.07, 6.45) is 6.26. The highest BCUT2D eigenvalue weighted by Gasteiger charge is 2.35. The van der Waals surface area contributed by atoms with Crippen LogP contribution in [0.15, 0.2) is 6.20 Å². The molecule has 0 aromatic carbocycles. The van der Waals surface area contributed by atoms with Gasteiger partial charge in [-0.1, -0.05) is 4.49 Å². The van der Waals surface area contributed by atoms with E-state index in [-0.39, 0.29) is 5.91 Å². The van der Waals surface area contributed by atoms with Crippen LogP contribution < -0.4 is 5.32 Å². The van der Waals surface area contributed by atoms with Crippen LogP contribution in [0, 0.1) is 0 Å². The van der Waals surface area contributed by atoms with Crippen molar-refractivity contribution in [3.63, 3.8) is 0 Å². The quantitative estimate of drug-likeness (QED) is 0.865. The number of hydrogen-bond acceptors (Lipinski definition) is 5. The maximum atomic E-state index is 12.3. The summed E-state index contributed by atoms with van der Waals surface area (Å²) in [5.41, 5.74) is 0. The summed E-state index contributed by atoms with van der Waals surface area (Å²) < 4.78 is 3.77. The molecule has 92 valence electrons. The number of carbonyl (C=O) groups excluding carboxylic acids is 1. The van der Waals surface area contributed by atoms with Gasteiger partial charge in [0.2, 0.25) is 0 Å². The highest BCUT2D eigenvalue weighted by atomic mass is 32.1. The van der Waals surface area contributed by atoms with Crippen molar-refractivity contribution in [3.8, 4) is 0 Å². The topological polar surface area (TPSA) is 58.1 Å². The normalized spacial score (nSPS) is 23.9. The molecule has 2 aliphatic rings. The van der Waals surface area contributed by atoms with Crippen molar-refractivity contribution < 1.29 is 4.79 Å². The molecule has 1 saturated heterocycles. The number of rotatable bonds is 4. The molecule has 0 bridgehead atoms. The molecule has 1 atom stereocenters. The summed E-state index contributed by atoms with van der Waals surface area (Å²) in [7, 11) is 0. The van der Waals surface area contributed by atoms with Gasteiger partial charge in [0, 0.05) is 18.6 Å². The smallest absolute Gasteiger partial charge is 0.267 e. The van der Waals surface area contributed by atoms with E-state index in [1.54, 1.807) is 6.20 Å². The Morgan fingerprint density at radius 1 is 1.53 bits per heavy atom. The molecule has 0 spiro atoms. The predicted molar refractivity (Wildman–Crippen MR) is 65.0 cm³/mol. The zero-order valence-electron chi connectivity index (χ0n) is 9.63. The van der Waals surface area contributed by atoms with Crippen molar-refractivity contribution in [2.24, 2.45) is 0 Å². The molecule has 1 unspecified atom stereocenters. The fraction of sp³-hybridized carbons (Fsp3) is 0.727. The predicted octanol–water partition coefficient (Wildman–Crippen LogP) is 0.895. The zero-order valence-corrected chi connectivity index (χ0v) is 10.4. The summed E-state index contributed by atoms with van der Waals surface area (Å²) in [6, 6.07) is 0.924. The average molecular weight is 252 g/mol. The second-order valence-electron chi connectivity index (χ2n) is 4.76. The van der Waals surface area contributed by atoms with Gasteiger partial charge in [0.05, 0.1) is 6.20 Å². The molecule has 1 aromatic heterocycles. The van der Waals surface area contributed by atoms with E-state index in [2.05, 4.69) is 14.9 Å². The summed E-state index contributed by atoms with van der Waals surface area (Å²) in [5.74, 6) is 0.108. The van der Waals surface area contributed by atoms with Gasteiger partial charge in [0.15, 0.2) is 0 Å². The lowest BCUT2D eigenvalue weighted by atomic mass is 10.2. The monoisotopic (exact) mass is 252 g/mol. The first-order valence-electron chi connectivity index (χ1n) is 6.16. The Kier molecular flexibility index (Phi) is 3.07. The first-order valence-corrected chi connectivity index (χ1v) is 6.93. The van der Waals surface area contributed by atoms with E-state index in [1.807, 2.05) is 4.90 Å². The fourth-order valence-electron chi connectivity index (χ4n) is 2.34. The van der Waals surface area contributed by atoms with E-state index in [0.29, 0.717) is 17.0 Å². The molecule has 1 aromatic rings. The van der Waals surface area contributed by atoms with Crippen LogP contribution in [0.1, 0.15) is 35.4 Å². The standard InChI is InChI=1S/C11H16N4OS/c16-11(10-6-13-14-17-10)15(9-3-4-9)7-8-2-1-5-12-8/h6,8-9,12H,1-5,7H2. The summed E-state index contributed by atoms with van der Waals surface area (Å²) in [6.45, 7) is 1.92. The minimum atomic E-state index is 0.108. The van der Waals surface area contributed by atoms with Crippen molar-refractivity contribution >= 4 is 17.4 Å². The van der Waals surface area contributed by atoms with Gasteiger partial charge in [-0.25, -0.2) is 0 Å². The Hall–Kier alpha value is -1.01. The SMILES string of the molecule is O=C(c1cnns1)N(CC1CCCN1)C1CC1. The molecule has 6 heteroatoms. The van der Waals surface area contributed by atoms with E-state index in [9.17, 15) is 4.79 Å². The van der Waals surface area contributed by atoms with E-state index in [4.69, 9.17) is 0 Å². The Morgan fingerprint density at radius 2 is 2.41 bits per heavy atom. The van der Waals surface area contributed by atoms with Crippen LogP contribution in [0.25, 0.3) is 0 Å². The molecule has 3 rings (SSSR count). The summed E-state index contributed by atoms with van der Waals surface area (Å²) in [4.78, 5) is 15.0. The van der Waals surface area contributed by atoms with Crippen LogP contribution in [0.5, 0.6) is 0 Å². The second kappa shape index (κ2) is 4.70. The van der Waals surface area contributed by atoms with Gasteiger partial charge in [0.25, 0.3) is 5.91 Å². The number of nitrogens with one attached hydrogen (secondary N) is 1. The van der Waals surface area contributed by atoms with Crippen molar-refractivity contribution in [3.05, 3.63) is 11.1 Å². The molecule has 2 heterocycles. The van der Waals surface area contributed by atoms with Crippen molar-refractivity contribution in [1.29, 1.82) is 0 Å². The van der Waals surface area contributed by atoms with Gasteiger partial charge in [-0.2, -0.15) is 0 Å². The maximum absolute atomic E-state index is 12.3. The molecule has 0 radical (unpaired) electrons. The third-order valence-corrected chi connectivity index (χ3v) is 4.05. The van der Waals surface area contributed by atoms with Gasteiger partial charge in [-0.05, 0) is 43.8 Å². The molecule has 5 nitrogen and oxygen atoms in total. The molecule has 1 N–H and O–H groups in total. The molecule has 1 aliphatic carbocycles. The van der Waals surface area contributed by atoms with Gasteiger partial charge >= 0.3 is 0 Å². The van der Waals surface area contributed by atoms with Crippen molar-refractivity contribution in [2.45, 2.75) is 37.8 Å². The van der Waals surface area contributed by atoms with Crippen molar-refractivity contribution in [1.82, 2.24) is 19.8 Å². The van der Waals surface area contributed by atoms with Crippen LogP contribution in [-0.2, 0) is 0 Å². The van der Waals surface area contributed by atoms with Gasteiger partial charge in [-0.15, -0.1) is 5.10 Å². The zero-order chi connectivity index (χ0) is 11.7. The van der Waals surface area contributed by atoms with Gasteiger partial charge < -0.3 is 10.2 Å². The molecule has 2 fully saturated rings. The third-order valence-electron chi connectivity index (χ3n) is 3.40. The Balaban J connectivity index is 1.69. The van der Waals surface area contributed by atoms with Crippen molar-refractivity contribution in [2.75, 3.05) is 13.1 Å². The second-order valence-corrected chi connectivity index (χ2v) is 5.55. The summed E-state index contributed by atoms with van der Waals surface area (Å²) >= 11 is 1.19. The largest absolute Gasteiger partial charge is 0.333 e. The van der Waals surface area contributed by atoms with E-state index in [0.717, 1.165) is 25.9 Å². The van der Waals surface area contributed by atoms with Crippen LogP contribution >= 0.6 is 11.5 Å². The lowest BCUT2D eigenvalue weighted by molar-refractivity contribution is 0.0733. The molecular weight excluding hydrogens is 236 g/mol. The van der Waals surface area contributed by atoms with E-state index < -0.39 is 0 Å². The van der Waals surface area contributed by atoms with E-state index in [1.165, 1.54) is 24.4 Å². The Morgan fingerprint density at radius 3 is 3.00 bits per heavy atom. The Bertz CT molecular complexity index is 384. The number of aromatic nitrogens is 2. The van der Waals surface area contributed by atoms with Crippen LogP contribution in [0.4, 0.5) is 0 Å². The number of hydrogen-bond donors (Lipinski definition) is 1. The maximum Gasteiger partial charge on any atom is 0.267 e. The molecular formula is C11H16N4OS. The van der Waals surface area contributed by atoms with E-state index >= 15 is 0 Å². The highest BCUT2D eigenvalue weighted by molar-refractivity contribution is 7.07. The first-order chi connectivity index (χ1) is 8.34. The van der Waals surface area contributed by atoms with Gasteiger partial charge in [0.1, 0.15) is 4.88 Å². The lowest BCUT2D eigenvalue weighted by Gasteiger charge is -2.25. The first kappa shape index (κ1) is 11.1.